The Labute approximate surface area is 250 Å². The fourth-order valence-corrected chi connectivity index (χ4v) is 7.45. The SMILES string of the molecule is Cc1cc(COc2ccc(S(=O)(=O)CC3(C4CCN(C(=O)OC(C)(C)C)CC4)NC(=O)NC3=O)cc2)c2ccccc2n1. The second kappa shape index (κ2) is 11.5. The second-order valence-corrected chi connectivity index (χ2v) is 14.1. The summed E-state index contributed by atoms with van der Waals surface area (Å²) in [7, 11) is -4.02. The summed E-state index contributed by atoms with van der Waals surface area (Å²) in [5.74, 6) is -1.32. The number of hydrogen-bond acceptors (Lipinski definition) is 8. The van der Waals surface area contributed by atoms with Crippen LogP contribution in [0.25, 0.3) is 10.9 Å². The van der Waals surface area contributed by atoms with Crippen LogP contribution in [0.5, 0.6) is 5.75 Å². The standard InChI is InChI=1S/C31H36N4O7S/c1-20-17-21(25-7-5-6-8-26(25)32-20)18-41-23-9-11-24(12-10-23)43(39,40)19-31(27(36)33-28(37)34-31)22-13-15-35(16-14-22)29(38)42-30(2,3)4/h5-12,17,22H,13-16,18-19H2,1-4H3,(H2,33,34,36,37). The van der Waals surface area contributed by atoms with Crippen molar-refractivity contribution in [2.75, 3.05) is 18.8 Å². The molecule has 43 heavy (non-hydrogen) atoms. The van der Waals surface area contributed by atoms with Crippen molar-refractivity contribution >= 4 is 38.8 Å². The third kappa shape index (κ3) is 6.58. The predicted molar refractivity (Wildman–Crippen MR) is 159 cm³/mol. The van der Waals surface area contributed by atoms with Gasteiger partial charge < -0.3 is 19.7 Å². The molecule has 0 saturated carbocycles. The summed E-state index contributed by atoms with van der Waals surface area (Å²) >= 11 is 0. The number of pyridine rings is 1. The molecule has 1 unspecified atom stereocenters. The van der Waals surface area contributed by atoms with E-state index in [-0.39, 0.29) is 24.6 Å². The first-order chi connectivity index (χ1) is 20.3. The average Bonchev–Trinajstić information content (AvgIpc) is 3.23. The number of carbonyl (C=O) groups excluding carboxylic acids is 3. The van der Waals surface area contributed by atoms with Gasteiger partial charge in [0.25, 0.3) is 5.91 Å². The number of likely N-dealkylation sites (tertiary alicyclic amines) is 1. The van der Waals surface area contributed by atoms with Crippen molar-refractivity contribution in [2.24, 2.45) is 5.92 Å². The van der Waals surface area contributed by atoms with Gasteiger partial charge >= 0.3 is 12.1 Å². The molecule has 2 aromatic carbocycles. The molecule has 11 nitrogen and oxygen atoms in total. The zero-order chi connectivity index (χ0) is 31.0. The topological polar surface area (TPSA) is 144 Å². The molecule has 5 rings (SSSR count). The van der Waals surface area contributed by atoms with E-state index < -0.39 is 50.7 Å². The Morgan fingerprint density at radius 3 is 2.37 bits per heavy atom. The molecule has 2 aliphatic heterocycles. The fraction of sp³-hybridized carbons (Fsp3) is 0.419. The number of urea groups is 1. The van der Waals surface area contributed by atoms with E-state index in [1.165, 1.54) is 17.0 Å². The molecule has 1 aromatic heterocycles. The summed E-state index contributed by atoms with van der Waals surface area (Å²) in [6.07, 6.45) is 0.165. The molecule has 4 amide bonds. The molecule has 2 saturated heterocycles. The van der Waals surface area contributed by atoms with E-state index in [0.29, 0.717) is 18.6 Å². The van der Waals surface area contributed by atoms with Gasteiger partial charge in [0, 0.05) is 29.7 Å². The quantitative estimate of drug-likeness (QED) is 0.381. The van der Waals surface area contributed by atoms with E-state index >= 15 is 0 Å². The molecule has 1 atom stereocenters. The monoisotopic (exact) mass is 608 g/mol. The molecule has 228 valence electrons. The number of aromatic nitrogens is 1. The van der Waals surface area contributed by atoms with Crippen LogP contribution in [0.1, 0.15) is 44.9 Å². The van der Waals surface area contributed by atoms with Crippen molar-refractivity contribution in [3.63, 3.8) is 0 Å². The van der Waals surface area contributed by atoms with E-state index in [9.17, 15) is 22.8 Å². The van der Waals surface area contributed by atoms with Crippen molar-refractivity contribution in [3.05, 3.63) is 65.9 Å². The lowest BCUT2D eigenvalue weighted by Crippen LogP contribution is -2.60. The number of ether oxygens (including phenoxy) is 2. The van der Waals surface area contributed by atoms with Gasteiger partial charge in [0.1, 0.15) is 23.5 Å². The van der Waals surface area contributed by atoms with Crippen LogP contribution in [0.4, 0.5) is 9.59 Å². The Morgan fingerprint density at radius 2 is 1.74 bits per heavy atom. The number of aryl methyl sites for hydroxylation is 1. The number of nitrogens with one attached hydrogen (secondary N) is 2. The Kier molecular flexibility index (Phi) is 8.08. The van der Waals surface area contributed by atoms with Gasteiger partial charge in [-0.25, -0.2) is 18.0 Å². The Balaban J connectivity index is 1.29. The number of imide groups is 1. The number of hydrogen-bond donors (Lipinski definition) is 2. The van der Waals surface area contributed by atoms with Gasteiger partial charge in [-0.2, -0.15) is 0 Å². The minimum absolute atomic E-state index is 0.00423. The molecular weight excluding hydrogens is 572 g/mol. The largest absolute Gasteiger partial charge is 0.489 e. The van der Waals surface area contributed by atoms with E-state index in [4.69, 9.17) is 9.47 Å². The maximum Gasteiger partial charge on any atom is 0.410 e. The average molecular weight is 609 g/mol. The fourth-order valence-electron chi connectivity index (χ4n) is 5.70. The van der Waals surface area contributed by atoms with Crippen molar-refractivity contribution < 1.29 is 32.3 Å². The molecule has 0 spiro atoms. The Bertz CT molecular complexity index is 1660. The van der Waals surface area contributed by atoms with Crippen LogP contribution in [0.2, 0.25) is 0 Å². The number of benzene rings is 2. The minimum Gasteiger partial charge on any atom is -0.489 e. The highest BCUT2D eigenvalue weighted by Gasteiger charge is 2.55. The van der Waals surface area contributed by atoms with Gasteiger partial charge in [-0.15, -0.1) is 0 Å². The number of piperidine rings is 1. The summed E-state index contributed by atoms with van der Waals surface area (Å²) < 4.78 is 38.7. The van der Waals surface area contributed by atoms with E-state index in [0.717, 1.165) is 22.2 Å². The number of rotatable bonds is 7. The highest BCUT2D eigenvalue weighted by atomic mass is 32.2. The lowest BCUT2D eigenvalue weighted by molar-refractivity contribution is -0.125. The number of nitrogens with zero attached hydrogens (tertiary/aromatic N) is 2. The molecule has 3 aromatic rings. The zero-order valence-electron chi connectivity index (χ0n) is 24.7. The zero-order valence-corrected chi connectivity index (χ0v) is 25.5. The predicted octanol–water partition coefficient (Wildman–Crippen LogP) is 4.12. The molecule has 12 heteroatoms. The van der Waals surface area contributed by atoms with Crippen molar-refractivity contribution in [3.8, 4) is 5.75 Å². The molecule has 2 N–H and O–H groups in total. The van der Waals surface area contributed by atoms with Gasteiger partial charge in [-0.05, 0) is 82.9 Å². The number of carbonyl (C=O) groups is 3. The lowest BCUT2D eigenvalue weighted by atomic mass is 9.79. The Morgan fingerprint density at radius 1 is 1.07 bits per heavy atom. The van der Waals surface area contributed by atoms with Gasteiger partial charge in [-0.3, -0.25) is 15.1 Å². The lowest BCUT2D eigenvalue weighted by Gasteiger charge is -2.40. The smallest absolute Gasteiger partial charge is 0.410 e. The van der Waals surface area contributed by atoms with E-state index in [1.807, 2.05) is 37.3 Å². The van der Waals surface area contributed by atoms with Gasteiger partial charge in [0.15, 0.2) is 9.84 Å². The number of sulfone groups is 1. The van der Waals surface area contributed by atoms with Crippen LogP contribution < -0.4 is 15.4 Å². The summed E-state index contributed by atoms with van der Waals surface area (Å²) in [6, 6.07) is 15.0. The molecule has 2 fully saturated rings. The highest BCUT2D eigenvalue weighted by molar-refractivity contribution is 7.91. The molecule has 2 aliphatic rings. The molecule has 0 radical (unpaired) electrons. The number of fused-ring (bicyclic) bond motifs is 1. The van der Waals surface area contributed by atoms with E-state index in [1.54, 1.807) is 32.9 Å². The summed E-state index contributed by atoms with van der Waals surface area (Å²) in [6.45, 7) is 8.05. The van der Waals surface area contributed by atoms with Gasteiger partial charge in [-0.1, -0.05) is 18.2 Å². The third-order valence-corrected chi connectivity index (χ3v) is 9.56. The van der Waals surface area contributed by atoms with Gasteiger partial charge in [0.2, 0.25) is 0 Å². The van der Waals surface area contributed by atoms with Crippen LogP contribution >= 0.6 is 0 Å². The normalized spacial score (nSPS) is 19.7. The van der Waals surface area contributed by atoms with Crippen LogP contribution in [0.15, 0.2) is 59.5 Å². The van der Waals surface area contributed by atoms with E-state index in [2.05, 4.69) is 15.6 Å². The molecule has 3 heterocycles. The van der Waals surface area contributed by atoms with Crippen molar-refractivity contribution in [1.29, 1.82) is 0 Å². The first-order valence-electron chi connectivity index (χ1n) is 14.2. The van der Waals surface area contributed by atoms with Crippen molar-refractivity contribution in [1.82, 2.24) is 20.5 Å². The molecule has 0 aliphatic carbocycles. The highest BCUT2D eigenvalue weighted by Crippen LogP contribution is 2.34. The van der Waals surface area contributed by atoms with Crippen LogP contribution in [0, 0.1) is 12.8 Å². The van der Waals surface area contributed by atoms with Crippen LogP contribution in [-0.2, 0) is 26.0 Å². The minimum atomic E-state index is -4.02. The Hall–Kier alpha value is -4.19. The number of para-hydroxylation sites is 1. The van der Waals surface area contributed by atoms with Crippen molar-refractivity contribution in [2.45, 2.75) is 63.2 Å². The van der Waals surface area contributed by atoms with Crippen LogP contribution in [-0.4, -0.2) is 66.3 Å². The summed E-state index contributed by atoms with van der Waals surface area (Å²) in [5.41, 5.74) is 0.379. The molecule has 0 bridgehead atoms. The number of amides is 4. The maximum atomic E-state index is 13.6. The second-order valence-electron chi connectivity index (χ2n) is 12.1. The first kappa shape index (κ1) is 30.3. The third-order valence-electron chi connectivity index (χ3n) is 7.74. The summed E-state index contributed by atoms with van der Waals surface area (Å²) in [5, 5.41) is 5.82. The van der Waals surface area contributed by atoms with Crippen LogP contribution in [0.3, 0.4) is 0 Å². The molecular formula is C31H36N4O7S. The summed E-state index contributed by atoms with van der Waals surface area (Å²) in [4.78, 5) is 44.0. The first-order valence-corrected chi connectivity index (χ1v) is 15.8. The maximum absolute atomic E-state index is 13.6. The van der Waals surface area contributed by atoms with Gasteiger partial charge in [0.05, 0.1) is 16.2 Å².